The van der Waals surface area contributed by atoms with Gasteiger partial charge in [-0.2, -0.15) is 4.31 Å². The highest BCUT2D eigenvalue weighted by molar-refractivity contribution is 7.89. The Bertz CT molecular complexity index is 732. The van der Waals surface area contributed by atoms with Crippen LogP contribution in [0.15, 0.2) is 47.6 Å². The molecule has 2 heterocycles. The van der Waals surface area contributed by atoms with Gasteiger partial charge in [-0.05, 0) is 13.0 Å². The molecular formula is C15H19ClN4O2S. The van der Waals surface area contributed by atoms with E-state index in [1.807, 2.05) is 30.3 Å². The van der Waals surface area contributed by atoms with E-state index >= 15 is 0 Å². The number of hydrogen-bond donors (Lipinski definition) is 1. The highest BCUT2D eigenvalue weighted by Gasteiger charge is 2.30. The molecule has 1 saturated heterocycles. The Balaban J connectivity index is 0.00000192. The predicted molar refractivity (Wildman–Crippen MR) is 90.9 cm³/mol. The molecular weight excluding hydrogens is 336 g/mol. The zero-order valence-corrected chi connectivity index (χ0v) is 14.3. The van der Waals surface area contributed by atoms with E-state index < -0.39 is 10.0 Å². The first kappa shape index (κ1) is 17.8. The van der Waals surface area contributed by atoms with Gasteiger partial charge in [0.2, 0.25) is 10.0 Å². The summed E-state index contributed by atoms with van der Waals surface area (Å²) in [6.45, 7) is 1.52. The van der Waals surface area contributed by atoms with Crippen molar-refractivity contribution in [2.45, 2.75) is 17.4 Å². The molecule has 1 aromatic carbocycles. The molecule has 0 radical (unpaired) electrons. The van der Waals surface area contributed by atoms with Crippen LogP contribution in [0.3, 0.4) is 0 Å². The average Bonchev–Trinajstić information content (AvgIpc) is 3.09. The molecule has 1 atom stereocenters. The molecule has 0 spiro atoms. The van der Waals surface area contributed by atoms with Gasteiger partial charge in [-0.3, -0.25) is 0 Å². The van der Waals surface area contributed by atoms with Crippen molar-refractivity contribution in [2.75, 3.05) is 20.1 Å². The smallest absolute Gasteiger partial charge is 0.246 e. The topological polar surface area (TPSA) is 75.2 Å². The maximum absolute atomic E-state index is 12.6. The third-order valence-corrected chi connectivity index (χ3v) is 5.75. The highest BCUT2D eigenvalue weighted by atomic mass is 35.5. The fourth-order valence-corrected chi connectivity index (χ4v) is 3.77. The molecule has 8 heteroatoms. The third kappa shape index (κ3) is 3.69. The van der Waals surface area contributed by atoms with Crippen molar-refractivity contribution in [3.63, 3.8) is 0 Å². The standard InChI is InChI=1S/C15H18N4O2S.ClH/c1-19(13-7-8-16-9-13)22(20,21)14-10-17-15(18-11-14)12-5-3-2-4-6-12;/h2-6,10-11,13,16H,7-9H2,1H3;1H. The van der Waals surface area contributed by atoms with Crippen LogP contribution in [-0.2, 0) is 10.0 Å². The normalized spacial score (nSPS) is 17.9. The number of sulfonamides is 1. The summed E-state index contributed by atoms with van der Waals surface area (Å²) in [6, 6.07) is 9.46. The lowest BCUT2D eigenvalue weighted by Crippen LogP contribution is -2.38. The first-order valence-corrected chi connectivity index (χ1v) is 8.59. The van der Waals surface area contributed by atoms with Crippen molar-refractivity contribution >= 4 is 22.4 Å². The van der Waals surface area contributed by atoms with E-state index in [0.29, 0.717) is 12.4 Å². The molecule has 0 aliphatic carbocycles. The van der Waals surface area contributed by atoms with Crippen molar-refractivity contribution in [2.24, 2.45) is 0 Å². The van der Waals surface area contributed by atoms with Crippen molar-refractivity contribution < 1.29 is 8.42 Å². The van der Waals surface area contributed by atoms with Gasteiger partial charge < -0.3 is 5.32 Å². The number of aromatic nitrogens is 2. The number of nitrogens with zero attached hydrogens (tertiary/aromatic N) is 3. The molecule has 1 unspecified atom stereocenters. The van der Waals surface area contributed by atoms with E-state index in [2.05, 4.69) is 15.3 Å². The Hall–Kier alpha value is -1.54. The Kier molecular flexibility index (Phi) is 5.69. The minimum Gasteiger partial charge on any atom is -0.315 e. The summed E-state index contributed by atoms with van der Waals surface area (Å²) in [5.41, 5.74) is 0.861. The van der Waals surface area contributed by atoms with Crippen LogP contribution in [0.2, 0.25) is 0 Å². The maximum atomic E-state index is 12.6. The Morgan fingerprint density at radius 3 is 2.39 bits per heavy atom. The summed E-state index contributed by atoms with van der Waals surface area (Å²) in [6.07, 6.45) is 3.58. The third-order valence-electron chi connectivity index (χ3n) is 3.89. The van der Waals surface area contributed by atoms with E-state index in [4.69, 9.17) is 0 Å². The molecule has 1 aliphatic rings. The van der Waals surface area contributed by atoms with Gasteiger partial charge in [-0.25, -0.2) is 18.4 Å². The molecule has 3 rings (SSSR count). The van der Waals surface area contributed by atoms with E-state index in [-0.39, 0.29) is 23.3 Å². The van der Waals surface area contributed by atoms with Gasteiger partial charge in [0.1, 0.15) is 4.90 Å². The van der Waals surface area contributed by atoms with E-state index in [1.165, 1.54) is 16.7 Å². The van der Waals surface area contributed by atoms with Crippen LogP contribution in [-0.4, -0.2) is 48.9 Å². The fourth-order valence-electron chi connectivity index (χ4n) is 2.50. The minimum absolute atomic E-state index is 0. The molecule has 124 valence electrons. The second-order valence-corrected chi connectivity index (χ2v) is 7.27. The van der Waals surface area contributed by atoms with Crippen LogP contribution < -0.4 is 5.32 Å². The van der Waals surface area contributed by atoms with Crippen molar-refractivity contribution in [3.8, 4) is 11.4 Å². The lowest BCUT2D eigenvalue weighted by molar-refractivity contribution is 0.387. The molecule has 1 N–H and O–H groups in total. The average molecular weight is 355 g/mol. The van der Waals surface area contributed by atoms with E-state index in [9.17, 15) is 8.42 Å². The van der Waals surface area contributed by atoms with Crippen molar-refractivity contribution in [1.29, 1.82) is 0 Å². The molecule has 23 heavy (non-hydrogen) atoms. The summed E-state index contributed by atoms with van der Waals surface area (Å²) in [5.74, 6) is 0.518. The van der Waals surface area contributed by atoms with E-state index in [1.54, 1.807) is 7.05 Å². The zero-order valence-electron chi connectivity index (χ0n) is 12.7. The number of rotatable bonds is 4. The van der Waals surface area contributed by atoms with Crippen molar-refractivity contribution in [3.05, 3.63) is 42.7 Å². The second kappa shape index (κ2) is 7.35. The largest absolute Gasteiger partial charge is 0.315 e. The molecule has 0 amide bonds. The SMILES string of the molecule is CN(C1CCNC1)S(=O)(=O)c1cnc(-c2ccccc2)nc1.Cl. The monoisotopic (exact) mass is 354 g/mol. The Morgan fingerprint density at radius 1 is 1.17 bits per heavy atom. The van der Waals surface area contributed by atoms with Gasteiger partial charge in [0.05, 0.1) is 12.4 Å². The van der Waals surface area contributed by atoms with Crippen LogP contribution in [0.4, 0.5) is 0 Å². The lowest BCUT2D eigenvalue weighted by Gasteiger charge is -2.22. The maximum Gasteiger partial charge on any atom is 0.246 e. The van der Waals surface area contributed by atoms with Gasteiger partial charge in [0.15, 0.2) is 5.82 Å². The van der Waals surface area contributed by atoms with Crippen LogP contribution in [0.1, 0.15) is 6.42 Å². The Morgan fingerprint density at radius 2 is 1.83 bits per heavy atom. The quantitative estimate of drug-likeness (QED) is 0.901. The summed E-state index contributed by atoms with van der Waals surface area (Å²) < 4.78 is 26.6. The van der Waals surface area contributed by atoms with Gasteiger partial charge in [0, 0.05) is 25.2 Å². The number of hydrogen-bond acceptors (Lipinski definition) is 5. The minimum atomic E-state index is -3.55. The van der Waals surface area contributed by atoms with E-state index in [0.717, 1.165) is 18.5 Å². The van der Waals surface area contributed by atoms with Crippen LogP contribution >= 0.6 is 12.4 Å². The second-order valence-electron chi connectivity index (χ2n) is 5.28. The summed E-state index contributed by atoms with van der Waals surface area (Å²) >= 11 is 0. The predicted octanol–water partition coefficient (Wildman–Crippen LogP) is 1.55. The molecule has 6 nitrogen and oxygen atoms in total. The Labute approximate surface area is 142 Å². The van der Waals surface area contributed by atoms with Gasteiger partial charge in [-0.15, -0.1) is 12.4 Å². The zero-order chi connectivity index (χ0) is 15.6. The first-order valence-electron chi connectivity index (χ1n) is 7.15. The molecule has 2 aromatic rings. The van der Waals surface area contributed by atoms with Gasteiger partial charge >= 0.3 is 0 Å². The van der Waals surface area contributed by atoms with Crippen molar-refractivity contribution in [1.82, 2.24) is 19.6 Å². The number of halogens is 1. The molecule has 0 saturated carbocycles. The molecule has 1 aliphatic heterocycles. The number of likely N-dealkylation sites (N-methyl/N-ethyl adjacent to an activating group) is 1. The summed E-state index contributed by atoms with van der Waals surface area (Å²) in [5, 5.41) is 3.17. The first-order chi connectivity index (χ1) is 10.6. The fraction of sp³-hybridized carbons (Fsp3) is 0.333. The summed E-state index contributed by atoms with van der Waals surface area (Å²) in [4.78, 5) is 8.51. The van der Waals surface area contributed by atoms with Crippen LogP contribution in [0.25, 0.3) is 11.4 Å². The number of benzene rings is 1. The van der Waals surface area contributed by atoms with Crippen LogP contribution in [0.5, 0.6) is 0 Å². The highest BCUT2D eigenvalue weighted by Crippen LogP contribution is 2.20. The lowest BCUT2D eigenvalue weighted by atomic mass is 10.2. The van der Waals surface area contributed by atoms with Gasteiger partial charge in [-0.1, -0.05) is 30.3 Å². The molecule has 1 aromatic heterocycles. The molecule has 1 fully saturated rings. The number of nitrogens with one attached hydrogen (secondary N) is 1. The summed E-state index contributed by atoms with van der Waals surface area (Å²) in [7, 11) is -1.94. The van der Waals surface area contributed by atoms with Crippen LogP contribution in [0, 0.1) is 0 Å². The van der Waals surface area contributed by atoms with Gasteiger partial charge in [0.25, 0.3) is 0 Å². The molecule has 0 bridgehead atoms.